The molecule has 2 N–H and O–H groups in total. The van der Waals surface area contributed by atoms with Gasteiger partial charge >= 0.3 is 0 Å². The fourth-order valence-corrected chi connectivity index (χ4v) is 4.22. The van der Waals surface area contributed by atoms with Gasteiger partial charge in [-0.25, -0.2) is 0 Å². The first kappa shape index (κ1) is 21.1. The summed E-state index contributed by atoms with van der Waals surface area (Å²) in [7, 11) is 0. The zero-order chi connectivity index (χ0) is 20.0. The van der Waals surface area contributed by atoms with Gasteiger partial charge in [-0.1, -0.05) is 12.1 Å². The van der Waals surface area contributed by atoms with E-state index in [0.29, 0.717) is 44.4 Å². The SMILES string of the molecule is CC(C)N1CCC(O)(CNC(=O)CCc2cccc(OC3CCCC3)c2)CC1. The highest BCUT2D eigenvalue weighted by atomic mass is 16.5. The first-order valence-corrected chi connectivity index (χ1v) is 10.9. The maximum Gasteiger partial charge on any atom is 0.220 e. The largest absolute Gasteiger partial charge is 0.490 e. The molecule has 28 heavy (non-hydrogen) atoms. The van der Waals surface area contributed by atoms with Crippen LogP contribution >= 0.6 is 0 Å². The third-order valence-corrected chi connectivity index (χ3v) is 6.22. The van der Waals surface area contributed by atoms with Crippen LogP contribution in [0.2, 0.25) is 0 Å². The summed E-state index contributed by atoms with van der Waals surface area (Å²) >= 11 is 0. The first-order chi connectivity index (χ1) is 13.4. The molecule has 0 aromatic heterocycles. The van der Waals surface area contributed by atoms with Gasteiger partial charge < -0.3 is 20.1 Å². The Kier molecular flexibility index (Phi) is 7.36. The number of hydrogen-bond acceptors (Lipinski definition) is 4. The van der Waals surface area contributed by atoms with Gasteiger partial charge in [0.05, 0.1) is 11.7 Å². The van der Waals surface area contributed by atoms with Crippen molar-refractivity contribution >= 4 is 5.91 Å². The molecule has 0 unspecified atom stereocenters. The predicted molar refractivity (Wildman–Crippen MR) is 112 cm³/mol. The van der Waals surface area contributed by atoms with Crippen LogP contribution in [0.5, 0.6) is 5.75 Å². The minimum absolute atomic E-state index is 0.00169. The summed E-state index contributed by atoms with van der Waals surface area (Å²) in [5.74, 6) is 0.915. The number of ether oxygens (including phenoxy) is 1. The summed E-state index contributed by atoms with van der Waals surface area (Å²) in [5, 5.41) is 13.7. The lowest BCUT2D eigenvalue weighted by molar-refractivity contribution is -0.123. The molecule has 1 saturated heterocycles. The monoisotopic (exact) mass is 388 g/mol. The standard InChI is InChI=1S/C23H36N2O3/c1-18(2)25-14-12-23(27,13-15-25)17-24-22(26)11-10-19-6-5-9-21(16-19)28-20-7-3-4-8-20/h5-6,9,16,18,20,27H,3-4,7-8,10-15,17H2,1-2H3,(H,24,26). The zero-order valence-corrected chi connectivity index (χ0v) is 17.5. The van der Waals surface area contributed by atoms with Gasteiger partial charge in [-0.3, -0.25) is 4.79 Å². The van der Waals surface area contributed by atoms with Crippen LogP contribution in [0, 0.1) is 0 Å². The summed E-state index contributed by atoms with van der Waals surface area (Å²) in [6, 6.07) is 8.61. The lowest BCUT2D eigenvalue weighted by Crippen LogP contribution is -2.52. The number of amides is 1. The van der Waals surface area contributed by atoms with E-state index in [1.807, 2.05) is 18.2 Å². The van der Waals surface area contributed by atoms with E-state index in [9.17, 15) is 9.90 Å². The van der Waals surface area contributed by atoms with E-state index in [1.165, 1.54) is 12.8 Å². The molecule has 0 spiro atoms. The van der Waals surface area contributed by atoms with Crippen LogP contribution in [-0.2, 0) is 11.2 Å². The Morgan fingerprint density at radius 3 is 2.68 bits per heavy atom. The number of nitrogens with one attached hydrogen (secondary N) is 1. The molecule has 5 heteroatoms. The molecule has 1 aliphatic carbocycles. The van der Waals surface area contributed by atoms with Gasteiger partial charge in [-0.2, -0.15) is 0 Å². The quantitative estimate of drug-likeness (QED) is 0.717. The number of aryl methyl sites for hydroxylation is 1. The molecule has 1 aromatic rings. The zero-order valence-electron chi connectivity index (χ0n) is 17.5. The van der Waals surface area contributed by atoms with Crippen molar-refractivity contribution in [3.8, 4) is 5.75 Å². The molecule has 0 bridgehead atoms. The molecule has 2 fully saturated rings. The number of aliphatic hydroxyl groups is 1. The molecule has 3 rings (SSSR count). The molecule has 1 saturated carbocycles. The Hall–Kier alpha value is -1.59. The molecule has 1 aromatic carbocycles. The second kappa shape index (κ2) is 9.75. The smallest absolute Gasteiger partial charge is 0.220 e. The van der Waals surface area contributed by atoms with Crippen LogP contribution in [0.4, 0.5) is 0 Å². The highest BCUT2D eigenvalue weighted by molar-refractivity contribution is 5.76. The van der Waals surface area contributed by atoms with Crippen molar-refractivity contribution in [2.75, 3.05) is 19.6 Å². The topological polar surface area (TPSA) is 61.8 Å². The van der Waals surface area contributed by atoms with Crippen molar-refractivity contribution < 1.29 is 14.6 Å². The van der Waals surface area contributed by atoms with Crippen molar-refractivity contribution in [1.29, 1.82) is 0 Å². The summed E-state index contributed by atoms with van der Waals surface area (Å²) in [4.78, 5) is 14.6. The lowest BCUT2D eigenvalue weighted by atomic mass is 9.90. The maximum atomic E-state index is 12.3. The highest BCUT2D eigenvalue weighted by Gasteiger charge is 2.33. The summed E-state index contributed by atoms with van der Waals surface area (Å²) < 4.78 is 6.05. The molecular formula is C23H36N2O3. The molecule has 5 nitrogen and oxygen atoms in total. The summed E-state index contributed by atoms with van der Waals surface area (Å²) in [5.41, 5.74) is 0.352. The van der Waals surface area contributed by atoms with Crippen LogP contribution < -0.4 is 10.1 Å². The minimum Gasteiger partial charge on any atom is -0.490 e. The van der Waals surface area contributed by atoms with E-state index in [4.69, 9.17) is 4.74 Å². The van der Waals surface area contributed by atoms with Gasteiger partial charge in [0.25, 0.3) is 0 Å². The van der Waals surface area contributed by atoms with Crippen molar-refractivity contribution in [1.82, 2.24) is 10.2 Å². The van der Waals surface area contributed by atoms with Crippen molar-refractivity contribution in [3.05, 3.63) is 29.8 Å². The van der Waals surface area contributed by atoms with E-state index in [1.54, 1.807) is 0 Å². The number of piperidine rings is 1. The Morgan fingerprint density at radius 2 is 2.00 bits per heavy atom. The minimum atomic E-state index is -0.768. The Bertz CT molecular complexity index is 632. The summed E-state index contributed by atoms with van der Waals surface area (Å²) in [6.07, 6.45) is 7.70. The van der Waals surface area contributed by atoms with Gasteiger partial charge in [-0.15, -0.1) is 0 Å². The van der Waals surface area contributed by atoms with E-state index in [0.717, 1.165) is 37.2 Å². The van der Waals surface area contributed by atoms with E-state index in [-0.39, 0.29) is 5.91 Å². The van der Waals surface area contributed by atoms with E-state index < -0.39 is 5.60 Å². The number of carbonyl (C=O) groups is 1. The average molecular weight is 389 g/mol. The van der Waals surface area contributed by atoms with Gasteiger partial charge in [0.1, 0.15) is 5.75 Å². The third-order valence-electron chi connectivity index (χ3n) is 6.22. The number of carbonyl (C=O) groups excluding carboxylic acids is 1. The normalized spacial score (nSPS) is 20.4. The second-order valence-electron chi connectivity index (χ2n) is 8.80. The molecule has 0 atom stereocenters. The molecule has 1 amide bonds. The van der Waals surface area contributed by atoms with Gasteiger partial charge in [0.2, 0.25) is 5.91 Å². The second-order valence-corrected chi connectivity index (χ2v) is 8.80. The van der Waals surface area contributed by atoms with Crippen molar-refractivity contribution in [2.24, 2.45) is 0 Å². The Morgan fingerprint density at radius 1 is 1.29 bits per heavy atom. The number of hydrogen-bond donors (Lipinski definition) is 2. The van der Waals surface area contributed by atoms with Gasteiger partial charge in [0, 0.05) is 32.1 Å². The first-order valence-electron chi connectivity index (χ1n) is 10.9. The summed E-state index contributed by atoms with van der Waals surface area (Å²) in [6.45, 7) is 6.48. The van der Waals surface area contributed by atoms with Gasteiger partial charge in [0.15, 0.2) is 0 Å². The molecule has 2 aliphatic rings. The molecule has 1 aliphatic heterocycles. The van der Waals surface area contributed by atoms with Crippen LogP contribution in [-0.4, -0.2) is 53.3 Å². The van der Waals surface area contributed by atoms with E-state index in [2.05, 4.69) is 30.1 Å². The Labute approximate surface area is 169 Å². The maximum absolute atomic E-state index is 12.3. The number of nitrogens with zero attached hydrogens (tertiary/aromatic N) is 1. The number of rotatable bonds is 8. The van der Waals surface area contributed by atoms with Gasteiger partial charge in [-0.05, 0) is 76.5 Å². The fourth-order valence-electron chi connectivity index (χ4n) is 4.22. The average Bonchev–Trinajstić information content (AvgIpc) is 3.18. The molecule has 156 valence electrons. The highest BCUT2D eigenvalue weighted by Crippen LogP contribution is 2.25. The third kappa shape index (κ3) is 6.21. The molecule has 0 radical (unpaired) electrons. The fraction of sp³-hybridized carbons (Fsp3) is 0.696. The van der Waals surface area contributed by atoms with Crippen LogP contribution in [0.15, 0.2) is 24.3 Å². The lowest BCUT2D eigenvalue weighted by Gasteiger charge is -2.40. The number of benzene rings is 1. The number of likely N-dealkylation sites (tertiary alicyclic amines) is 1. The van der Waals surface area contributed by atoms with E-state index >= 15 is 0 Å². The van der Waals surface area contributed by atoms with Crippen LogP contribution in [0.1, 0.15) is 64.4 Å². The molecule has 1 heterocycles. The van der Waals surface area contributed by atoms with Crippen LogP contribution in [0.25, 0.3) is 0 Å². The predicted octanol–water partition coefficient (Wildman–Crippen LogP) is 3.29. The van der Waals surface area contributed by atoms with Crippen molar-refractivity contribution in [3.63, 3.8) is 0 Å². The van der Waals surface area contributed by atoms with Crippen LogP contribution in [0.3, 0.4) is 0 Å². The molecular weight excluding hydrogens is 352 g/mol. The Balaban J connectivity index is 1.39. The van der Waals surface area contributed by atoms with Crippen molar-refractivity contribution in [2.45, 2.75) is 83.0 Å².